The maximum atomic E-state index is 4.51. The highest BCUT2D eigenvalue weighted by molar-refractivity contribution is 5.20. The Hall–Kier alpha value is -0.260. The lowest BCUT2D eigenvalue weighted by Gasteiger charge is -2.73. The Morgan fingerprint density at radius 2 is 1.42 bits per heavy atom. The van der Waals surface area contributed by atoms with Crippen LogP contribution in [0.3, 0.4) is 0 Å². The average molecular weight is 425 g/mol. The van der Waals surface area contributed by atoms with Crippen LogP contribution in [-0.4, -0.2) is 0 Å². The maximum absolute atomic E-state index is 4.51. The molecular weight excluding hydrogens is 372 g/mol. The van der Waals surface area contributed by atoms with E-state index in [2.05, 4.69) is 62.0 Å². The minimum absolute atomic E-state index is 0.508. The van der Waals surface area contributed by atoms with Crippen LogP contribution in [0, 0.1) is 62.6 Å². The Labute approximate surface area is 194 Å². The highest BCUT2D eigenvalue weighted by Gasteiger charge is 2.69. The van der Waals surface area contributed by atoms with Crippen molar-refractivity contribution in [3.05, 3.63) is 12.2 Å². The maximum Gasteiger partial charge on any atom is -0.0172 e. The third-order valence-corrected chi connectivity index (χ3v) is 14.0. The molecule has 31 heavy (non-hydrogen) atoms. The van der Waals surface area contributed by atoms with Gasteiger partial charge in [0.25, 0.3) is 0 Å². The van der Waals surface area contributed by atoms with Gasteiger partial charge in [0.05, 0.1) is 0 Å². The summed E-state index contributed by atoms with van der Waals surface area (Å²) in [5.74, 6) is 5.34. The van der Waals surface area contributed by atoms with E-state index < -0.39 is 0 Å². The van der Waals surface area contributed by atoms with Gasteiger partial charge in [-0.1, -0.05) is 60.6 Å². The van der Waals surface area contributed by atoms with E-state index in [0.29, 0.717) is 27.1 Å². The van der Waals surface area contributed by atoms with Crippen LogP contribution in [0.2, 0.25) is 0 Å². The van der Waals surface area contributed by atoms with Gasteiger partial charge in [-0.2, -0.15) is 0 Å². The van der Waals surface area contributed by atoms with Crippen LogP contribution >= 0.6 is 0 Å². The summed E-state index contributed by atoms with van der Waals surface area (Å²) >= 11 is 0. The van der Waals surface area contributed by atoms with E-state index >= 15 is 0 Å². The van der Waals surface area contributed by atoms with Gasteiger partial charge >= 0.3 is 0 Å². The second-order valence-corrected chi connectivity index (χ2v) is 15.1. The van der Waals surface area contributed by atoms with Gasteiger partial charge in [0, 0.05) is 0 Å². The minimum atomic E-state index is 0.508. The summed E-state index contributed by atoms with van der Waals surface area (Å²) in [7, 11) is 0. The van der Waals surface area contributed by atoms with Crippen LogP contribution < -0.4 is 0 Å². The number of rotatable bonds is 1. The van der Waals surface area contributed by atoms with Gasteiger partial charge in [0.1, 0.15) is 0 Å². The number of hydrogen-bond donors (Lipinski definition) is 0. The van der Waals surface area contributed by atoms with Crippen molar-refractivity contribution in [2.45, 2.75) is 120 Å². The van der Waals surface area contributed by atoms with Crippen LogP contribution in [0.4, 0.5) is 0 Å². The summed E-state index contributed by atoms with van der Waals surface area (Å²) in [4.78, 5) is 0. The van der Waals surface area contributed by atoms with Crippen molar-refractivity contribution in [1.29, 1.82) is 0 Å². The molecule has 10 atom stereocenters. The zero-order valence-corrected chi connectivity index (χ0v) is 22.2. The lowest BCUT2D eigenvalue weighted by Crippen LogP contribution is -2.65. The molecule has 0 heteroatoms. The molecule has 5 aliphatic rings. The van der Waals surface area contributed by atoms with E-state index in [9.17, 15) is 0 Å². The quantitative estimate of drug-likeness (QED) is 0.368. The summed E-state index contributed by atoms with van der Waals surface area (Å²) in [5.41, 5.74) is 4.19. The molecule has 5 aliphatic carbocycles. The van der Waals surface area contributed by atoms with Gasteiger partial charge < -0.3 is 0 Å². The second kappa shape index (κ2) is 6.66. The Balaban J connectivity index is 1.54. The lowest BCUT2D eigenvalue weighted by atomic mass is 9.32. The Morgan fingerprint density at radius 3 is 2.10 bits per heavy atom. The van der Waals surface area contributed by atoms with Crippen LogP contribution in [0.25, 0.3) is 0 Å². The predicted molar refractivity (Wildman–Crippen MR) is 134 cm³/mol. The van der Waals surface area contributed by atoms with E-state index in [4.69, 9.17) is 0 Å². The van der Waals surface area contributed by atoms with Crippen LogP contribution in [-0.2, 0) is 0 Å². The molecule has 0 N–H and O–H groups in total. The normalized spacial score (nSPS) is 57.9. The fourth-order valence-corrected chi connectivity index (χ4v) is 11.7. The van der Waals surface area contributed by atoms with Crippen molar-refractivity contribution < 1.29 is 0 Å². The Morgan fingerprint density at radius 1 is 0.710 bits per heavy atom. The lowest BCUT2D eigenvalue weighted by molar-refractivity contribution is -0.240. The molecule has 0 spiro atoms. The summed E-state index contributed by atoms with van der Waals surface area (Å²) in [6, 6.07) is 0. The van der Waals surface area contributed by atoms with Gasteiger partial charge in [-0.15, -0.1) is 0 Å². The monoisotopic (exact) mass is 424 g/mol. The molecule has 0 radical (unpaired) electrons. The molecule has 0 bridgehead atoms. The van der Waals surface area contributed by atoms with Gasteiger partial charge in [-0.3, -0.25) is 0 Å². The second-order valence-electron chi connectivity index (χ2n) is 15.1. The summed E-state index contributed by atoms with van der Waals surface area (Å²) < 4.78 is 0. The first-order chi connectivity index (χ1) is 14.3. The Bertz CT molecular complexity index is 760. The molecule has 0 nitrogen and oxygen atoms in total. The van der Waals surface area contributed by atoms with Gasteiger partial charge in [-0.25, -0.2) is 0 Å². The zero-order chi connectivity index (χ0) is 22.6. The van der Waals surface area contributed by atoms with E-state index in [1.165, 1.54) is 69.8 Å². The fraction of sp³-hybridized carbons (Fsp3) is 0.935. The van der Waals surface area contributed by atoms with Crippen molar-refractivity contribution in [2.75, 3.05) is 0 Å². The predicted octanol–water partition coefficient (Wildman–Crippen LogP) is 9.30. The first kappa shape index (κ1) is 22.5. The zero-order valence-electron chi connectivity index (χ0n) is 22.2. The fourth-order valence-electron chi connectivity index (χ4n) is 11.7. The van der Waals surface area contributed by atoms with Crippen LogP contribution in [0.5, 0.6) is 0 Å². The molecule has 0 saturated heterocycles. The molecule has 0 heterocycles. The molecule has 0 aromatic rings. The first-order valence-corrected chi connectivity index (χ1v) is 14.0. The van der Waals surface area contributed by atoms with E-state index in [1.807, 2.05) is 0 Å². The van der Waals surface area contributed by atoms with E-state index in [1.54, 1.807) is 0 Å². The summed E-state index contributed by atoms with van der Waals surface area (Å²) in [6.45, 7) is 25.6. The molecule has 176 valence electrons. The summed E-state index contributed by atoms with van der Waals surface area (Å²) in [6.07, 6.45) is 14.7. The molecule has 0 amide bonds. The average Bonchev–Trinajstić information content (AvgIpc) is 3.04. The highest BCUT2D eigenvalue weighted by Crippen LogP contribution is 2.77. The molecule has 0 aromatic carbocycles. The first-order valence-electron chi connectivity index (χ1n) is 14.0. The number of fused-ring (bicyclic) bond motifs is 7. The Kier molecular flexibility index (Phi) is 4.84. The molecular formula is C31H52. The topological polar surface area (TPSA) is 0 Å². The van der Waals surface area contributed by atoms with Crippen molar-refractivity contribution in [3.8, 4) is 0 Å². The third kappa shape index (κ3) is 2.66. The van der Waals surface area contributed by atoms with Gasteiger partial charge in [0.15, 0.2) is 0 Å². The molecule has 0 unspecified atom stereocenters. The van der Waals surface area contributed by atoms with Gasteiger partial charge in [0.2, 0.25) is 0 Å². The highest BCUT2D eigenvalue weighted by atomic mass is 14.7. The summed E-state index contributed by atoms with van der Waals surface area (Å²) in [5, 5.41) is 0. The molecule has 5 saturated carbocycles. The molecule has 5 fully saturated rings. The van der Waals surface area contributed by atoms with Crippen LogP contribution in [0.1, 0.15) is 120 Å². The third-order valence-electron chi connectivity index (χ3n) is 14.0. The number of allylic oxidation sites excluding steroid dienone is 1. The molecule has 5 rings (SSSR count). The van der Waals surface area contributed by atoms with Gasteiger partial charge in [-0.05, 0) is 134 Å². The van der Waals surface area contributed by atoms with Crippen molar-refractivity contribution in [2.24, 2.45) is 62.6 Å². The largest absolute Gasteiger partial charge is 0.0998 e. The molecule has 0 aliphatic heterocycles. The SMILES string of the molecule is C=C(C)[C@@H]1CC[C@]2(C)CC[C@]3(C)[C@H](CC[C@@H]4[C@@]5(C)CC[C@H](C)C(C)(C)[C@@H]5CC[C@]43C)[C@@H]12. The van der Waals surface area contributed by atoms with E-state index in [-0.39, 0.29) is 0 Å². The van der Waals surface area contributed by atoms with Crippen molar-refractivity contribution in [1.82, 2.24) is 0 Å². The standard InChI is InChI=1S/C31H52/c1-20(2)22-13-15-28(6)18-19-30(8)23(26(22)28)10-11-25-29(7)16-12-21(3)27(4,5)24(29)14-17-31(25,30)9/h21-26H,1,10-19H2,2-9H3/t21-,22-,23+,24-,25+,26+,28+,29-,30+,31+/m0/s1. The van der Waals surface area contributed by atoms with Crippen molar-refractivity contribution >= 4 is 0 Å². The smallest absolute Gasteiger partial charge is 0.0172 e. The van der Waals surface area contributed by atoms with Crippen LogP contribution in [0.15, 0.2) is 12.2 Å². The molecule has 0 aromatic heterocycles. The minimum Gasteiger partial charge on any atom is -0.0998 e. The van der Waals surface area contributed by atoms with E-state index in [0.717, 1.165) is 35.5 Å². The van der Waals surface area contributed by atoms with Crippen molar-refractivity contribution in [3.63, 3.8) is 0 Å². The number of hydrogen-bond acceptors (Lipinski definition) is 0.